The molecular weight excluding hydrogens is 451 g/mol. The van der Waals surface area contributed by atoms with Gasteiger partial charge in [0.25, 0.3) is 0 Å². The zero-order chi connectivity index (χ0) is 20.7. The van der Waals surface area contributed by atoms with E-state index < -0.39 is 18.4 Å². The molecule has 0 saturated carbocycles. The van der Waals surface area contributed by atoms with Crippen LogP contribution in [0.15, 0.2) is 33.9 Å². The number of rotatable bonds is 16. The van der Waals surface area contributed by atoms with E-state index in [0.29, 0.717) is 6.61 Å². The molecule has 0 atom stereocenters. The zero-order valence-electron chi connectivity index (χ0n) is 19.2. The molecule has 0 aromatic heterocycles. The molecule has 0 spiro atoms. The summed E-state index contributed by atoms with van der Waals surface area (Å²) in [5.41, 5.74) is 1.21. The summed E-state index contributed by atoms with van der Waals surface area (Å²) in [5, 5.41) is 0. The Hall–Kier alpha value is -0.481. The normalized spacial score (nSPS) is 12.4. The van der Waals surface area contributed by atoms with Crippen LogP contribution in [0.4, 0.5) is 0 Å². The van der Waals surface area contributed by atoms with Crippen LogP contribution in [-0.4, -0.2) is 32.1 Å². The third-order valence-corrected chi connectivity index (χ3v) is 22.6. The van der Waals surface area contributed by atoms with Crippen LogP contribution in [0, 0.1) is 0 Å². The second kappa shape index (κ2) is 15.4. The van der Waals surface area contributed by atoms with Crippen LogP contribution in [0.2, 0.25) is 13.3 Å². The Kier molecular flexibility index (Phi) is 14.0. The van der Waals surface area contributed by atoms with Crippen LogP contribution in [0.3, 0.4) is 0 Å². The maximum atomic E-state index is 5.94. The van der Waals surface area contributed by atoms with Crippen LogP contribution < -0.4 is 4.74 Å². The molecule has 1 aromatic carbocycles. The molecule has 0 radical (unpaired) electrons. The molecular formula is C25H44O2Sn. The second-order valence-electron chi connectivity index (χ2n) is 8.17. The predicted octanol–water partition coefficient (Wildman–Crippen LogP) is 7.94. The quantitative estimate of drug-likeness (QED) is 0.171. The summed E-state index contributed by atoms with van der Waals surface area (Å²) in [4.78, 5) is 0. The first-order chi connectivity index (χ1) is 13.6. The fourth-order valence-corrected chi connectivity index (χ4v) is 20.0. The Morgan fingerprint density at radius 3 is 1.89 bits per heavy atom. The van der Waals surface area contributed by atoms with Crippen molar-refractivity contribution in [2.75, 3.05) is 13.7 Å². The van der Waals surface area contributed by atoms with Crippen LogP contribution in [0.5, 0.6) is 5.75 Å². The molecule has 0 fully saturated rings. The maximum absolute atomic E-state index is 5.94. The van der Waals surface area contributed by atoms with E-state index in [-0.39, 0.29) is 0 Å². The minimum absolute atomic E-state index is 0.687. The average molecular weight is 495 g/mol. The van der Waals surface area contributed by atoms with Crippen molar-refractivity contribution in [2.45, 2.75) is 92.6 Å². The number of allylic oxidation sites excluding steroid dienone is 1. The molecule has 0 bridgehead atoms. The number of hydrogen-bond donors (Lipinski definition) is 0. The summed E-state index contributed by atoms with van der Waals surface area (Å²) in [6.07, 6.45) is 11.9. The molecule has 2 nitrogen and oxygen atoms in total. The van der Waals surface area contributed by atoms with Gasteiger partial charge in [0.1, 0.15) is 0 Å². The summed E-state index contributed by atoms with van der Waals surface area (Å²) < 4.78 is 17.6. The third-order valence-electron chi connectivity index (χ3n) is 6.00. The number of ether oxygens (including phenoxy) is 2. The van der Waals surface area contributed by atoms with Crippen LogP contribution >= 0.6 is 0 Å². The van der Waals surface area contributed by atoms with E-state index in [1.165, 1.54) is 44.1 Å². The van der Waals surface area contributed by atoms with E-state index in [2.05, 4.69) is 45.9 Å². The summed E-state index contributed by atoms with van der Waals surface area (Å²) in [7, 11) is 1.70. The van der Waals surface area contributed by atoms with Crippen LogP contribution in [0.25, 0.3) is 0 Å². The summed E-state index contributed by atoms with van der Waals surface area (Å²) >= 11 is -2.19. The topological polar surface area (TPSA) is 18.5 Å². The Balaban J connectivity index is 2.60. The van der Waals surface area contributed by atoms with E-state index in [1.54, 1.807) is 20.4 Å². The van der Waals surface area contributed by atoms with E-state index >= 15 is 0 Å². The first-order valence-electron chi connectivity index (χ1n) is 11.5. The monoisotopic (exact) mass is 496 g/mol. The van der Waals surface area contributed by atoms with Crippen LogP contribution in [0.1, 0.15) is 78.2 Å². The molecule has 0 saturated heterocycles. The first kappa shape index (κ1) is 25.6. The Morgan fingerprint density at radius 1 is 0.893 bits per heavy atom. The zero-order valence-corrected chi connectivity index (χ0v) is 22.0. The van der Waals surface area contributed by atoms with Gasteiger partial charge in [-0.3, -0.25) is 0 Å². The fourth-order valence-electron chi connectivity index (χ4n) is 4.00. The van der Waals surface area contributed by atoms with Crippen molar-refractivity contribution in [3.8, 4) is 5.75 Å². The molecule has 160 valence electrons. The molecule has 0 N–H and O–H groups in total. The van der Waals surface area contributed by atoms with Gasteiger partial charge in [0.05, 0.1) is 0 Å². The van der Waals surface area contributed by atoms with Crippen molar-refractivity contribution in [3.05, 3.63) is 39.5 Å². The first-order valence-corrected chi connectivity index (χ1v) is 19.0. The van der Waals surface area contributed by atoms with Crippen molar-refractivity contribution >= 4 is 18.4 Å². The molecule has 0 aliphatic carbocycles. The van der Waals surface area contributed by atoms with Gasteiger partial charge in [0, 0.05) is 0 Å². The van der Waals surface area contributed by atoms with E-state index in [0.717, 1.165) is 18.8 Å². The predicted molar refractivity (Wildman–Crippen MR) is 126 cm³/mol. The van der Waals surface area contributed by atoms with E-state index in [4.69, 9.17) is 9.47 Å². The van der Waals surface area contributed by atoms with Gasteiger partial charge in [-0.25, -0.2) is 0 Å². The van der Waals surface area contributed by atoms with E-state index in [9.17, 15) is 0 Å². The summed E-state index contributed by atoms with van der Waals surface area (Å²) in [6, 6.07) is 8.17. The van der Waals surface area contributed by atoms with Gasteiger partial charge in [-0.15, -0.1) is 0 Å². The average Bonchev–Trinajstić information content (AvgIpc) is 2.73. The Morgan fingerprint density at radius 2 is 1.43 bits per heavy atom. The number of hydrogen-bond acceptors (Lipinski definition) is 2. The van der Waals surface area contributed by atoms with Crippen molar-refractivity contribution in [2.24, 2.45) is 0 Å². The minimum atomic E-state index is -2.19. The van der Waals surface area contributed by atoms with Gasteiger partial charge in [-0.2, -0.15) is 0 Å². The molecule has 0 aliphatic heterocycles. The molecule has 1 rings (SSSR count). The molecule has 3 heteroatoms. The second-order valence-corrected chi connectivity index (χ2v) is 22.0. The molecule has 0 unspecified atom stereocenters. The van der Waals surface area contributed by atoms with Gasteiger partial charge in [-0.1, -0.05) is 0 Å². The molecule has 1 aromatic rings. The van der Waals surface area contributed by atoms with Gasteiger partial charge in [-0.05, 0) is 0 Å². The third kappa shape index (κ3) is 9.34. The number of unbranched alkanes of at least 4 members (excludes halogenated alkanes) is 3. The number of methoxy groups -OCH3 is 1. The Labute approximate surface area is 179 Å². The van der Waals surface area contributed by atoms with E-state index in [1.807, 2.05) is 15.7 Å². The van der Waals surface area contributed by atoms with Crippen molar-refractivity contribution < 1.29 is 9.47 Å². The molecule has 0 amide bonds. The van der Waals surface area contributed by atoms with Gasteiger partial charge >= 0.3 is 179 Å². The molecule has 0 heterocycles. The molecule has 0 aliphatic rings. The summed E-state index contributed by atoms with van der Waals surface area (Å²) in [6.45, 7) is 11.0. The van der Waals surface area contributed by atoms with Crippen LogP contribution in [-0.2, 0) is 11.3 Å². The van der Waals surface area contributed by atoms with Gasteiger partial charge in [0.2, 0.25) is 0 Å². The fraction of sp³-hybridized carbons (Fsp3) is 0.680. The summed E-state index contributed by atoms with van der Waals surface area (Å²) in [5.74, 6) is 0.900. The Bertz CT molecular complexity index is 514. The molecule has 28 heavy (non-hydrogen) atoms. The SMILES string of the molecule is CCC[CH2][Sn]([CH2]CCC)([CH2]CCC)/[C](C)=C/CCOCc1ccc(OC)cc1. The van der Waals surface area contributed by atoms with Crippen molar-refractivity contribution in [1.82, 2.24) is 0 Å². The standard InChI is InChI=1S/C13H17O2.3C4H9.Sn/c1-3-4-5-10-15-11-12-6-8-13(14-2)9-7-12;3*1-3-4-2;/h4,6-9H,5,10-11H2,1-2H3;3*1,3-4H2,2H3;. The van der Waals surface area contributed by atoms with Crippen molar-refractivity contribution in [3.63, 3.8) is 0 Å². The van der Waals surface area contributed by atoms with Crippen molar-refractivity contribution in [1.29, 1.82) is 0 Å². The van der Waals surface area contributed by atoms with Gasteiger partial charge < -0.3 is 0 Å². The van der Waals surface area contributed by atoms with Gasteiger partial charge in [0.15, 0.2) is 0 Å². The number of benzene rings is 1.